The van der Waals surface area contributed by atoms with E-state index in [9.17, 15) is 0 Å². The number of hydrogen-bond donors (Lipinski definition) is 0. The van der Waals surface area contributed by atoms with Gasteiger partial charge in [-0.2, -0.15) is 0 Å². The van der Waals surface area contributed by atoms with Crippen LogP contribution in [0.3, 0.4) is 0 Å². The van der Waals surface area contributed by atoms with E-state index >= 15 is 0 Å². The molecule has 0 fully saturated rings. The van der Waals surface area contributed by atoms with Gasteiger partial charge in [-0.3, -0.25) is 0 Å². The Kier molecular flexibility index (Phi) is 4.60. The van der Waals surface area contributed by atoms with Gasteiger partial charge in [-0.1, -0.05) is 0 Å². The molecule has 0 aliphatic carbocycles. The molecule has 0 heterocycles. The van der Waals surface area contributed by atoms with Gasteiger partial charge in [0.2, 0.25) is 0 Å². The van der Waals surface area contributed by atoms with Gasteiger partial charge < -0.3 is 0 Å². The van der Waals surface area contributed by atoms with Crippen molar-refractivity contribution >= 4 is 37.5 Å². The summed E-state index contributed by atoms with van der Waals surface area (Å²) in [5, 5.41) is 0.747. The SMILES string of the molecule is CCO[PH]([TeH])(c1ccccc1)c1ccccc1. The van der Waals surface area contributed by atoms with E-state index < -0.39 is 5.18 Å². The van der Waals surface area contributed by atoms with Crippen molar-refractivity contribution in [2.45, 2.75) is 6.92 Å². The van der Waals surface area contributed by atoms with Gasteiger partial charge in [0.15, 0.2) is 0 Å². The Bertz CT molecular complexity index is 419. The third-order valence-corrected chi connectivity index (χ3v) is 11.1. The molecule has 17 heavy (non-hydrogen) atoms. The van der Waals surface area contributed by atoms with Crippen LogP contribution in [0.25, 0.3) is 0 Å². The van der Waals surface area contributed by atoms with Gasteiger partial charge in [-0.15, -0.1) is 0 Å². The molecular weight excluding hydrogens is 343 g/mol. The average molecular weight is 360 g/mol. The van der Waals surface area contributed by atoms with Crippen LogP contribution in [-0.4, -0.2) is 28.4 Å². The molecule has 0 atom stereocenters. The van der Waals surface area contributed by atoms with Gasteiger partial charge in [0.1, 0.15) is 0 Å². The fourth-order valence-corrected chi connectivity index (χ4v) is 7.90. The van der Waals surface area contributed by atoms with Crippen LogP contribution in [0.15, 0.2) is 60.7 Å². The molecule has 0 aliphatic rings. The van der Waals surface area contributed by atoms with E-state index in [1.54, 1.807) is 0 Å². The van der Waals surface area contributed by atoms with Crippen LogP contribution in [0.2, 0.25) is 0 Å². The van der Waals surface area contributed by atoms with Gasteiger partial charge in [-0.25, -0.2) is 0 Å². The van der Waals surface area contributed by atoms with Crippen molar-refractivity contribution in [3.63, 3.8) is 0 Å². The summed E-state index contributed by atoms with van der Waals surface area (Å²) in [5.74, 6) is 0. The summed E-state index contributed by atoms with van der Waals surface area (Å²) in [6.07, 6.45) is 0. The Hall–Kier alpha value is -0.380. The van der Waals surface area contributed by atoms with Gasteiger partial charge in [-0.05, 0) is 0 Å². The molecule has 2 aromatic rings. The van der Waals surface area contributed by atoms with Crippen LogP contribution in [-0.2, 0) is 4.52 Å². The van der Waals surface area contributed by atoms with Crippen LogP contribution in [0, 0.1) is 0 Å². The normalized spacial score (nSPS) is 12.4. The molecule has 0 spiro atoms. The molecule has 0 N–H and O–H groups in total. The second kappa shape index (κ2) is 5.98. The van der Waals surface area contributed by atoms with E-state index in [2.05, 4.69) is 67.6 Å². The molecule has 0 unspecified atom stereocenters. The summed E-state index contributed by atoms with van der Waals surface area (Å²) >= 11 is 1.83. The van der Waals surface area contributed by atoms with E-state index in [1.165, 1.54) is 10.6 Å². The molecule has 0 radical (unpaired) electrons. The summed E-state index contributed by atoms with van der Waals surface area (Å²) in [4.78, 5) is 0. The van der Waals surface area contributed by atoms with E-state index in [0.717, 1.165) is 6.61 Å². The molecule has 1 nitrogen and oxygen atoms in total. The zero-order chi connectivity index (χ0) is 12.1. The first kappa shape index (κ1) is 13.1. The van der Waals surface area contributed by atoms with Crippen LogP contribution in [0.1, 0.15) is 6.92 Å². The Balaban J connectivity index is 2.47. The summed E-state index contributed by atoms with van der Waals surface area (Å²) in [7, 11) is 0. The summed E-state index contributed by atoms with van der Waals surface area (Å²) in [5.41, 5.74) is 0. The predicted octanol–water partition coefficient (Wildman–Crippen LogP) is 2.15. The summed E-state index contributed by atoms with van der Waals surface area (Å²) in [6, 6.07) is 21.2. The molecule has 0 amide bonds. The second-order valence-corrected chi connectivity index (χ2v) is 11.9. The first-order chi connectivity index (χ1) is 8.27. The molecule has 0 saturated carbocycles. The molecule has 2 rings (SSSR count). The minimum atomic E-state index is -1.95. The number of rotatable bonds is 4. The van der Waals surface area contributed by atoms with Crippen LogP contribution in [0.4, 0.5) is 0 Å². The molecule has 2 aromatic carbocycles. The summed E-state index contributed by atoms with van der Waals surface area (Å²) in [6.45, 7) is 2.84. The zero-order valence-electron chi connectivity index (χ0n) is 9.84. The van der Waals surface area contributed by atoms with Crippen molar-refractivity contribution in [2.24, 2.45) is 0 Å². The third-order valence-electron chi connectivity index (χ3n) is 2.68. The Morgan fingerprint density at radius 2 is 1.29 bits per heavy atom. The Morgan fingerprint density at radius 3 is 1.65 bits per heavy atom. The van der Waals surface area contributed by atoms with Crippen molar-refractivity contribution in [2.75, 3.05) is 6.61 Å². The molecule has 0 bridgehead atoms. The van der Waals surface area contributed by atoms with E-state index in [4.69, 9.17) is 4.52 Å². The quantitative estimate of drug-likeness (QED) is 0.600. The van der Waals surface area contributed by atoms with Crippen LogP contribution >= 0.6 is 5.18 Å². The fourth-order valence-electron chi connectivity index (χ4n) is 1.87. The topological polar surface area (TPSA) is 9.23 Å². The van der Waals surface area contributed by atoms with Crippen molar-refractivity contribution < 1.29 is 4.52 Å². The van der Waals surface area contributed by atoms with Crippen molar-refractivity contribution in [1.29, 1.82) is 0 Å². The molecule has 90 valence electrons. The molecule has 0 saturated heterocycles. The first-order valence-electron chi connectivity index (χ1n) is 5.74. The van der Waals surface area contributed by atoms with Gasteiger partial charge >= 0.3 is 116 Å². The molecule has 3 heteroatoms. The van der Waals surface area contributed by atoms with Gasteiger partial charge in [0.05, 0.1) is 0 Å². The van der Waals surface area contributed by atoms with Crippen molar-refractivity contribution in [3.8, 4) is 0 Å². The van der Waals surface area contributed by atoms with Crippen LogP contribution in [0.5, 0.6) is 0 Å². The standard InChI is InChI=1S/C14H17OPTe/c1-2-15-16(17,13-9-5-3-6-10-13)14-11-7-4-8-12-14/h3-12,16-17H,2H2,1H3. The van der Waals surface area contributed by atoms with Gasteiger partial charge in [0.25, 0.3) is 0 Å². The predicted molar refractivity (Wildman–Crippen MR) is 79.2 cm³/mol. The first-order valence-corrected chi connectivity index (χ1v) is 11.4. The monoisotopic (exact) mass is 362 g/mol. The Labute approximate surface area is 116 Å². The number of benzene rings is 2. The van der Waals surface area contributed by atoms with E-state index in [-0.39, 0.29) is 0 Å². The summed E-state index contributed by atoms with van der Waals surface area (Å²) < 4.78 is 6.16. The maximum absolute atomic E-state index is 6.16. The Morgan fingerprint density at radius 1 is 0.882 bits per heavy atom. The molecule has 0 aliphatic heterocycles. The molecular formula is C14H17OPTe. The van der Waals surface area contributed by atoms with Crippen molar-refractivity contribution in [3.05, 3.63) is 60.7 Å². The van der Waals surface area contributed by atoms with Gasteiger partial charge in [0, 0.05) is 0 Å². The zero-order valence-corrected chi connectivity index (χ0v) is 13.4. The van der Waals surface area contributed by atoms with Crippen molar-refractivity contribution in [1.82, 2.24) is 0 Å². The second-order valence-electron chi connectivity index (χ2n) is 3.81. The minimum absolute atomic E-state index is 0.769. The van der Waals surface area contributed by atoms with E-state index in [1.807, 2.05) is 21.7 Å². The van der Waals surface area contributed by atoms with E-state index in [0.29, 0.717) is 0 Å². The third kappa shape index (κ3) is 2.90. The number of hydrogen-bond acceptors (Lipinski definition) is 1. The van der Waals surface area contributed by atoms with Crippen LogP contribution < -0.4 is 10.6 Å². The fraction of sp³-hybridized carbons (Fsp3) is 0.143. The maximum atomic E-state index is 6.16. The average Bonchev–Trinajstić information content (AvgIpc) is 2.41. The molecule has 0 aromatic heterocycles.